The molecular formula is C12H19N2O4P. The molecule has 3 atom stereocenters. The molecule has 6 nitrogen and oxygen atoms in total. The van der Waals surface area contributed by atoms with Gasteiger partial charge in [-0.25, -0.2) is 0 Å². The van der Waals surface area contributed by atoms with Crippen molar-refractivity contribution in [3.05, 3.63) is 22.6 Å². The molecule has 1 fully saturated rings. The van der Waals surface area contributed by atoms with Crippen LogP contribution < -0.4 is 10.3 Å². The quantitative estimate of drug-likeness (QED) is 0.772. The number of fused-ring (bicyclic) bond motifs is 4. The van der Waals surface area contributed by atoms with Crippen molar-refractivity contribution in [2.75, 3.05) is 19.9 Å². The Bertz CT molecular complexity index is 463. The van der Waals surface area contributed by atoms with Crippen molar-refractivity contribution < 1.29 is 14.0 Å². The molecule has 0 saturated carbocycles. The minimum absolute atomic E-state index is 0.00870. The summed E-state index contributed by atoms with van der Waals surface area (Å²) >= 11 is 0. The Kier molecular flexibility index (Phi) is 5.31. The zero-order chi connectivity index (χ0) is 13.7. The van der Waals surface area contributed by atoms with Crippen LogP contribution in [0.5, 0.6) is 6.01 Å². The van der Waals surface area contributed by atoms with Gasteiger partial charge >= 0.3 is 6.01 Å². The fourth-order valence-corrected chi connectivity index (χ4v) is 2.34. The fraction of sp³-hybridized carbons (Fsp3) is 0.667. The van der Waals surface area contributed by atoms with Crippen molar-refractivity contribution in [3.63, 3.8) is 0 Å². The Morgan fingerprint density at radius 1 is 1.58 bits per heavy atom. The van der Waals surface area contributed by atoms with Crippen LogP contribution in [-0.2, 0) is 9.26 Å². The second-order valence-corrected chi connectivity index (χ2v) is 5.66. The molecule has 1 aromatic heterocycles. The maximum Gasteiger partial charge on any atom is 0.301 e. The highest BCUT2D eigenvalue weighted by Crippen LogP contribution is 2.33. The van der Waals surface area contributed by atoms with E-state index in [1.54, 1.807) is 17.9 Å². The minimum Gasteiger partial charge on any atom is -0.462 e. The molecule has 3 unspecified atom stereocenters. The number of aromatic nitrogens is 2. The molecule has 3 heterocycles. The zero-order valence-electron chi connectivity index (χ0n) is 11.2. The maximum absolute atomic E-state index is 11.0. The number of hydrogen-bond donors (Lipinski definition) is 0. The highest BCUT2D eigenvalue weighted by atomic mass is 31.1. The van der Waals surface area contributed by atoms with Crippen LogP contribution in [0.2, 0.25) is 0 Å². The van der Waals surface area contributed by atoms with Crippen LogP contribution >= 0.6 is 8.81 Å². The van der Waals surface area contributed by atoms with Crippen LogP contribution in [0.3, 0.4) is 0 Å². The topological polar surface area (TPSA) is 62.6 Å². The van der Waals surface area contributed by atoms with Gasteiger partial charge in [-0.1, -0.05) is 6.92 Å². The number of hydrogen-bond acceptors (Lipinski definition) is 5. The van der Waals surface area contributed by atoms with E-state index < -0.39 is 0 Å². The lowest BCUT2D eigenvalue weighted by molar-refractivity contribution is 0.00450. The van der Waals surface area contributed by atoms with Crippen LogP contribution in [0.15, 0.2) is 17.1 Å². The molecule has 2 aliphatic rings. The third-order valence-corrected chi connectivity index (χ3v) is 3.46. The van der Waals surface area contributed by atoms with Crippen LogP contribution in [0.1, 0.15) is 26.0 Å². The lowest BCUT2D eigenvalue weighted by Gasteiger charge is -2.14. The van der Waals surface area contributed by atoms with Gasteiger partial charge in [0.25, 0.3) is 5.56 Å². The van der Waals surface area contributed by atoms with Crippen molar-refractivity contribution in [2.45, 2.75) is 32.1 Å². The van der Waals surface area contributed by atoms with Crippen molar-refractivity contribution >= 4 is 8.81 Å². The molecule has 0 aliphatic carbocycles. The maximum atomic E-state index is 11.0. The van der Waals surface area contributed by atoms with Gasteiger partial charge in [0.05, 0.1) is 6.10 Å². The standard InChI is InChI=1S/C9H10N2O3.C3H9OP/c12-7-3-4-11-8-2-1-6(14-8)5-13-9(11)10-7;1-3-5-4-2/h3-4,6,8H,1-2,5H2;5H,3H2,1-2H3. The lowest BCUT2D eigenvalue weighted by atomic mass is 10.2. The van der Waals surface area contributed by atoms with Crippen molar-refractivity contribution in [2.24, 2.45) is 0 Å². The van der Waals surface area contributed by atoms with E-state index in [0.29, 0.717) is 21.4 Å². The summed E-state index contributed by atoms with van der Waals surface area (Å²) in [5.41, 5.74) is -0.269. The van der Waals surface area contributed by atoms with Gasteiger partial charge in [0.2, 0.25) is 0 Å². The number of rotatable bonds is 2. The molecule has 0 N–H and O–H groups in total. The van der Waals surface area contributed by atoms with Crippen LogP contribution in [0.25, 0.3) is 0 Å². The lowest BCUT2D eigenvalue weighted by Crippen LogP contribution is -2.18. The van der Waals surface area contributed by atoms with Gasteiger partial charge in [-0.05, 0) is 19.0 Å². The van der Waals surface area contributed by atoms with Crippen LogP contribution in [-0.4, -0.2) is 35.5 Å². The van der Waals surface area contributed by atoms with Gasteiger partial charge in [-0.2, -0.15) is 4.98 Å². The van der Waals surface area contributed by atoms with Crippen LogP contribution in [0.4, 0.5) is 0 Å². The summed E-state index contributed by atoms with van der Waals surface area (Å²) < 4.78 is 17.6. The Hall–Kier alpha value is -0.970. The number of nitrogens with zero attached hydrogens (tertiary/aromatic N) is 2. The summed E-state index contributed by atoms with van der Waals surface area (Å²) in [7, 11) is 2.42. The predicted molar refractivity (Wildman–Crippen MR) is 73.0 cm³/mol. The second kappa shape index (κ2) is 6.98. The summed E-state index contributed by atoms with van der Waals surface area (Å²) in [5, 5.41) is 0. The molecule has 0 spiro atoms. The molecule has 2 aliphatic heterocycles. The Balaban J connectivity index is 0.000000232. The third kappa shape index (κ3) is 3.75. The van der Waals surface area contributed by atoms with E-state index >= 15 is 0 Å². The van der Waals surface area contributed by atoms with E-state index in [0.717, 1.165) is 19.0 Å². The summed E-state index contributed by atoms with van der Waals surface area (Å²) in [6.45, 7) is 2.59. The summed E-state index contributed by atoms with van der Waals surface area (Å²) in [4.78, 5) is 14.8. The van der Waals surface area contributed by atoms with E-state index in [9.17, 15) is 4.79 Å². The first-order valence-corrected chi connectivity index (χ1v) is 7.49. The van der Waals surface area contributed by atoms with E-state index in [1.807, 2.05) is 0 Å². The van der Waals surface area contributed by atoms with E-state index in [-0.39, 0.29) is 17.9 Å². The van der Waals surface area contributed by atoms with Crippen LogP contribution in [0, 0.1) is 0 Å². The molecule has 106 valence electrons. The molecule has 0 radical (unpaired) electrons. The Morgan fingerprint density at radius 2 is 2.42 bits per heavy atom. The van der Waals surface area contributed by atoms with Crippen molar-refractivity contribution in [1.82, 2.24) is 9.55 Å². The van der Waals surface area contributed by atoms with Crippen molar-refractivity contribution in [3.8, 4) is 6.01 Å². The molecule has 1 aromatic rings. The number of ether oxygens (including phenoxy) is 2. The second-order valence-electron chi connectivity index (χ2n) is 4.26. The smallest absolute Gasteiger partial charge is 0.301 e. The third-order valence-electron chi connectivity index (χ3n) is 2.89. The molecule has 0 amide bonds. The fourth-order valence-electron chi connectivity index (χ4n) is 2.05. The summed E-state index contributed by atoms with van der Waals surface area (Å²) in [6, 6.07) is 1.80. The Labute approximate surface area is 113 Å². The SMILES string of the molecule is CCPOC.O=c1ccn2c(n1)OCC1CCC2O1. The zero-order valence-corrected chi connectivity index (χ0v) is 12.2. The average molecular weight is 286 g/mol. The van der Waals surface area contributed by atoms with Gasteiger partial charge in [0.15, 0.2) is 0 Å². The molecule has 19 heavy (non-hydrogen) atoms. The molecule has 1 saturated heterocycles. The van der Waals surface area contributed by atoms with E-state index in [4.69, 9.17) is 14.0 Å². The molecule has 0 aromatic carbocycles. The first kappa shape index (κ1) is 14.4. The van der Waals surface area contributed by atoms with Crippen molar-refractivity contribution in [1.29, 1.82) is 0 Å². The first-order valence-electron chi connectivity index (χ1n) is 6.38. The minimum atomic E-state index is -0.269. The molecular weight excluding hydrogens is 267 g/mol. The van der Waals surface area contributed by atoms with Gasteiger partial charge in [-0.3, -0.25) is 9.36 Å². The Morgan fingerprint density at radius 3 is 3.11 bits per heavy atom. The van der Waals surface area contributed by atoms with Gasteiger partial charge in [-0.15, -0.1) is 0 Å². The first-order chi connectivity index (χ1) is 9.24. The van der Waals surface area contributed by atoms with E-state index in [1.165, 1.54) is 6.07 Å². The van der Waals surface area contributed by atoms with Gasteiger partial charge in [0.1, 0.15) is 12.8 Å². The summed E-state index contributed by atoms with van der Waals surface area (Å²) in [5.74, 6) is 0. The van der Waals surface area contributed by atoms with Gasteiger partial charge in [0, 0.05) is 28.2 Å². The highest BCUT2D eigenvalue weighted by molar-refractivity contribution is 7.32. The van der Waals surface area contributed by atoms with Gasteiger partial charge < -0.3 is 14.0 Å². The van der Waals surface area contributed by atoms with E-state index in [2.05, 4.69) is 11.9 Å². The molecule has 2 bridgehead atoms. The molecule has 3 rings (SSSR count). The largest absolute Gasteiger partial charge is 0.462 e. The predicted octanol–water partition coefficient (Wildman–Crippen LogP) is 1.56. The highest BCUT2D eigenvalue weighted by Gasteiger charge is 2.31. The molecule has 7 heteroatoms. The normalized spacial score (nSPS) is 24.3. The summed E-state index contributed by atoms with van der Waals surface area (Å²) in [6.07, 6.45) is 4.95. The monoisotopic (exact) mass is 286 g/mol. The average Bonchev–Trinajstić information content (AvgIpc) is 2.78.